The Labute approximate surface area is 99.7 Å². The number of morpholine rings is 1. The van der Waals surface area contributed by atoms with Gasteiger partial charge >= 0.3 is 0 Å². The van der Waals surface area contributed by atoms with Crippen LogP contribution in [-0.4, -0.2) is 42.5 Å². The van der Waals surface area contributed by atoms with Gasteiger partial charge in [-0.05, 0) is 13.3 Å². The van der Waals surface area contributed by atoms with E-state index in [9.17, 15) is 0 Å². The van der Waals surface area contributed by atoms with Crippen molar-refractivity contribution < 1.29 is 14.0 Å². The van der Waals surface area contributed by atoms with Crippen molar-refractivity contribution in [3.8, 4) is 0 Å². The summed E-state index contributed by atoms with van der Waals surface area (Å²) in [5.41, 5.74) is 0. The zero-order valence-electron chi connectivity index (χ0n) is 9.89. The smallest absolute Gasteiger partial charge is 0.232 e. The van der Waals surface area contributed by atoms with Crippen LogP contribution in [0.2, 0.25) is 0 Å². The third-order valence-electron chi connectivity index (χ3n) is 3.22. The molecule has 0 radical (unpaired) electrons. The maximum absolute atomic E-state index is 5.58. The molecule has 1 aromatic heterocycles. The van der Waals surface area contributed by atoms with E-state index in [1.54, 1.807) is 0 Å². The van der Waals surface area contributed by atoms with Gasteiger partial charge in [-0.15, -0.1) is 0 Å². The van der Waals surface area contributed by atoms with Gasteiger partial charge in [0.1, 0.15) is 6.10 Å². The van der Waals surface area contributed by atoms with Gasteiger partial charge in [0.15, 0.2) is 0 Å². The van der Waals surface area contributed by atoms with Crippen LogP contribution in [0.25, 0.3) is 0 Å². The highest BCUT2D eigenvalue weighted by atomic mass is 16.5. The molecule has 0 spiro atoms. The Morgan fingerprint density at radius 1 is 1.35 bits per heavy atom. The number of nitrogens with zero attached hydrogens (tertiary/aromatic N) is 2. The van der Waals surface area contributed by atoms with Crippen LogP contribution >= 0.6 is 0 Å². The molecule has 0 aromatic carbocycles. The monoisotopic (exact) mass is 239 g/mol. The lowest BCUT2D eigenvalue weighted by atomic mass is 10.1. The topological polar surface area (TPSA) is 69.4 Å². The average Bonchev–Trinajstić information content (AvgIpc) is 2.98. The van der Waals surface area contributed by atoms with Crippen LogP contribution in [0.3, 0.4) is 0 Å². The average molecular weight is 239 g/mol. The quantitative estimate of drug-likeness (QED) is 0.816. The molecule has 2 aliphatic rings. The maximum atomic E-state index is 5.58. The van der Waals surface area contributed by atoms with Gasteiger partial charge in [-0.3, -0.25) is 0 Å². The lowest BCUT2D eigenvalue weighted by molar-refractivity contribution is 0.0208. The van der Waals surface area contributed by atoms with E-state index in [2.05, 4.69) is 22.4 Å². The van der Waals surface area contributed by atoms with E-state index in [0.717, 1.165) is 19.5 Å². The zero-order chi connectivity index (χ0) is 11.7. The molecule has 94 valence electrons. The molecule has 1 N–H and O–H groups in total. The molecule has 6 heteroatoms. The maximum Gasteiger partial charge on any atom is 0.232 e. The van der Waals surface area contributed by atoms with Crippen LogP contribution in [0.4, 0.5) is 0 Å². The molecule has 17 heavy (non-hydrogen) atoms. The Morgan fingerprint density at radius 2 is 2.29 bits per heavy atom. The Hall–Kier alpha value is -0.980. The van der Waals surface area contributed by atoms with Gasteiger partial charge in [-0.25, -0.2) is 0 Å². The fraction of sp³-hybridized carbons (Fsp3) is 0.818. The molecule has 3 unspecified atom stereocenters. The van der Waals surface area contributed by atoms with Crippen molar-refractivity contribution in [3.05, 3.63) is 11.7 Å². The number of rotatable bonds is 2. The van der Waals surface area contributed by atoms with Crippen LogP contribution in [0, 0.1) is 0 Å². The molecule has 2 saturated heterocycles. The molecule has 3 rings (SSSR count). The van der Waals surface area contributed by atoms with Gasteiger partial charge < -0.3 is 19.3 Å². The first kappa shape index (κ1) is 11.1. The van der Waals surface area contributed by atoms with Crippen molar-refractivity contribution in [2.75, 3.05) is 26.3 Å². The minimum Gasteiger partial charge on any atom is -0.378 e. The van der Waals surface area contributed by atoms with Crippen molar-refractivity contribution in [2.45, 2.75) is 31.5 Å². The first-order chi connectivity index (χ1) is 8.33. The van der Waals surface area contributed by atoms with E-state index in [-0.39, 0.29) is 18.1 Å². The number of ether oxygens (including phenoxy) is 2. The highest BCUT2D eigenvalue weighted by Crippen LogP contribution is 2.29. The predicted molar refractivity (Wildman–Crippen MR) is 58.6 cm³/mol. The Kier molecular flexibility index (Phi) is 3.09. The number of aromatic nitrogens is 2. The zero-order valence-corrected chi connectivity index (χ0v) is 9.89. The lowest BCUT2D eigenvalue weighted by Crippen LogP contribution is -2.33. The molecule has 6 nitrogen and oxygen atoms in total. The summed E-state index contributed by atoms with van der Waals surface area (Å²) in [6.45, 7) is 5.06. The second-order valence-corrected chi connectivity index (χ2v) is 4.63. The highest BCUT2D eigenvalue weighted by Gasteiger charge is 2.30. The van der Waals surface area contributed by atoms with Gasteiger partial charge in [0, 0.05) is 13.1 Å². The molecule has 0 amide bonds. The number of hydrogen-bond donors (Lipinski definition) is 1. The minimum atomic E-state index is -0.0824. The van der Waals surface area contributed by atoms with Crippen molar-refractivity contribution in [3.63, 3.8) is 0 Å². The number of hydrogen-bond acceptors (Lipinski definition) is 6. The van der Waals surface area contributed by atoms with Crippen molar-refractivity contribution in [1.82, 2.24) is 15.5 Å². The van der Waals surface area contributed by atoms with Crippen LogP contribution < -0.4 is 5.32 Å². The Morgan fingerprint density at radius 3 is 3.00 bits per heavy atom. The van der Waals surface area contributed by atoms with Crippen LogP contribution in [0.5, 0.6) is 0 Å². The summed E-state index contributed by atoms with van der Waals surface area (Å²) in [5, 5.41) is 7.25. The van der Waals surface area contributed by atoms with Crippen molar-refractivity contribution >= 4 is 0 Å². The lowest BCUT2D eigenvalue weighted by Gasteiger charge is -2.20. The fourth-order valence-corrected chi connectivity index (χ4v) is 2.26. The molecule has 2 aliphatic heterocycles. The van der Waals surface area contributed by atoms with Gasteiger partial charge in [0.05, 0.1) is 25.2 Å². The van der Waals surface area contributed by atoms with Gasteiger partial charge in [0.2, 0.25) is 11.7 Å². The summed E-state index contributed by atoms with van der Waals surface area (Å²) < 4.78 is 16.4. The highest BCUT2D eigenvalue weighted by molar-refractivity contribution is 5.00. The van der Waals surface area contributed by atoms with E-state index < -0.39 is 0 Å². The third-order valence-corrected chi connectivity index (χ3v) is 3.22. The van der Waals surface area contributed by atoms with E-state index in [1.807, 2.05) is 0 Å². The molecule has 3 atom stereocenters. The van der Waals surface area contributed by atoms with Crippen LogP contribution in [0.15, 0.2) is 4.52 Å². The summed E-state index contributed by atoms with van der Waals surface area (Å²) in [7, 11) is 0. The van der Waals surface area contributed by atoms with E-state index in [1.165, 1.54) is 0 Å². The van der Waals surface area contributed by atoms with E-state index in [0.29, 0.717) is 24.9 Å². The molecule has 2 fully saturated rings. The first-order valence-electron chi connectivity index (χ1n) is 6.10. The first-order valence-corrected chi connectivity index (χ1v) is 6.10. The second-order valence-electron chi connectivity index (χ2n) is 4.63. The standard InChI is InChI=1S/C11H17N3O3/c1-7-4-8(6-16-7)11-13-10(14-17-11)9-5-12-2-3-15-9/h7-9,12H,2-6H2,1H3. The van der Waals surface area contributed by atoms with Crippen LogP contribution in [0.1, 0.15) is 37.1 Å². The predicted octanol–water partition coefficient (Wildman–Crippen LogP) is 0.623. The van der Waals surface area contributed by atoms with Crippen LogP contribution in [-0.2, 0) is 9.47 Å². The molecular weight excluding hydrogens is 222 g/mol. The van der Waals surface area contributed by atoms with E-state index >= 15 is 0 Å². The summed E-state index contributed by atoms with van der Waals surface area (Å²) in [5.74, 6) is 1.56. The molecular formula is C11H17N3O3. The fourth-order valence-electron chi connectivity index (χ4n) is 2.26. The molecule has 3 heterocycles. The Bertz CT molecular complexity index is 357. The summed E-state index contributed by atoms with van der Waals surface area (Å²) >= 11 is 0. The number of nitrogens with one attached hydrogen (secondary N) is 1. The second kappa shape index (κ2) is 4.72. The molecule has 0 saturated carbocycles. The molecule has 0 aliphatic carbocycles. The van der Waals surface area contributed by atoms with E-state index in [4.69, 9.17) is 14.0 Å². The summed E-state index contributed by atoms with van der Waals surface area (Å²) in [6.07, 6.45) is 1.15. The Balaban J connectivity index is 1.69. The van der Waals surface area contributed by atoms with Crippen molar-refractivity contribution in [1.29, 1.82) is 0 Å². The summed E-state index contributed by atoms with van der Waals surface area (Å²) in [6, 6.07) is 0. The SMILES string of the molecule is CC1CC(c2nc(C3CNCCO3)no2)CO1. The van der Waals surface area contributed by atoms with Gasteiger partial charge in [0.25, 0.3) is 0 Å². The summed E-state index contributed by atoms with van der Waals surface area (Å²) in [4.78, 5) is 4.43. The van der Waals surface area contributed by atoms with Gasteiger partial charge in [-0.2, -0.15) is 4.98 Å². The van der Waals surface area contributed by atoms with Gasteiger partial charge in [-0.1, -0.05) is 5.16 Å². The molecule has 0 bridgehead atoms. The van der Waals surface area contributed by atoms with Crippen molar-refractivity contribution in [2.24, 2.45) is 0 Å². The largest absolute Gasteiger partial charge is 0.378 e. The third kappa shape index (κ3) is 2.34. The minimum absolute atomic E-state index is 0.0824. The normalized spacial score (nSPS) is 34.1. The molecule has 1 aromatic rings.